The standard InChI is InChI=1S/C24H19N3O4S3/c1-24(2,3)14-13-16-9-10-17(32-16)20-22(31-15-7-5-4-6-8-15)34-23(25-20)26-21(28)18-11-12-19(33-18)27(29)30/h4-12H,1-3H3,(H,25,26,28). The predicted molar refractivity (Wildman–Crippen MR) is 137 cm³/mol. The SMILES string of the molecule is CC(C)(C)C#Cc1ccc(-c2nc(NC(=O)c3ccc([N+](=O)[O-])s3)sc2Oc2ccccc2)s1. The van der Waals surface area contributed by atoms with Crippen LogP contribution >= 0.6 is 34.0 Å². The van der Waals surface area contributed by atoms with Gasteiger partial charge in [0, 0.05) is 11.5 Å². The number of nitrogens with one attached hydrogen (secondary N) is 1. The normalized spacial score (nSPS) is 10.9. The van der Waals surface area contributed by atoms with Gasteiger partial charge in [-0.1, -0.05) is 52.7 Å². The topological polar surface area (TPSA) is 94.4 Å². The van der Waals surface area contributed by atoms with Gasteiger partial charge in [-0.25, -0.2) is 4.98 Å². The molecule has 0 unspecified atom stereocenters. The van der Waals surface area contributed by atoms with Gasteiger partial charge in [0.25, 0.3) is 5.91 Å². The summed E-state index contributed by atoms with van der Waals surface area (Å²) in [5.74, 6) is 6.60. The molecule has 0 saturated heterocycles. The number of anilines is 1. The Kier molecular flexibility index (Phi) is 6.79. The number of nitrogens with zero attached hydrogens (tertiary/aromatic N) is 2. The van der Waals surface area contributed by atoms with Crippen LogP contribution in [0.3, 0.4) is 0 Å². The molecule has 0 aliphatic carbocycles. The Morgan fingerprint density at radius 2 is 1.82 bits per heavy atom. The largest absolute Gasteiger partial charge is 0.444 e. The van der Waals surface area contributed by atoms with Crippen molar-refractivity contribution in [2.24, 2.45) is 5.41 Å². The number of thiophene rings is 2. The lowest BCUT2D eigenvalue weighted by molar-refractivity contribution is -0.380. The van der Waals surface area contributed by atoms with Crippen LogP contribution in [0.15, 0.2) is 54.6 Å². The van der Waals surface area contributed by atoms with Crippen LogP contribution in [0.2, 0.25) is 0 Å². The second kappa shape index (κ2) is 9.77. The molecule has 3 aromatic heterocycles. The molecule has 1 amide bonds. The molecule has 0 aliphatic rings. The fourth-order valence-electron chi connectivity index (χ4n) is 2.67. The first-order valence-corrected chi connectivity index (χ1v) is 12.6. The smallest absolute Gasteiger partial charge is 0.324 e. The van der Waals surface area contributed by atoms with E-state index >= 15 is 0 Å². The molecule has 0 spiro atoms. The highest BCUT2D eigenvalue weighted by atomic mass is 32.1. The summed E-state index contributed by atoms with van der Waals surface area (Å²) in [6.45, 7) is 6.16. The van der Waals surface area contributed by atoms with Gasteiger partial charge >= 0.3 is 5.00 Å². The van der Waals surface area contributed by atoms with E-state index in [1.54, 1.807) is 0 Å². The van der Waals surface area contributed by atoms with Crippen molar-refractivity contribution in [1.82, 2.24) is 4.98 Å². The minimum Gasteiger partial charge on any atom is -0.444 e. The summed E-state index contributed by atoms with van der Waals surface area (Å²) in [5, 5.41) is 14.4. The lowest BCUT2D eigenvalue weighted by Gasteiger charge is -2.06. The number of amides is 1. The zero-order chi connectivity index (χ0) is 24.3. The molecule has 0 atom stereocenters. The van der Waals surface area contributed by atoms with Crippen molar-refractivity contribution in [3.05, 3.63) is 74.5 Å². The Labute approximate surface area is 208 Å². The molecular weight excluding hydrogens is 490 g/mol. The quantitative estimate of drug-likeness (QED) is 0.167. The number of thiazole rings is 1. The monoisotopic (exact) mass is 509 g/mol. The molecule has 0 aliphatic heterocycles. The van der Waals surface area contributed by atoms with E-state index in [1.807, 2.05) is 42.5 Å². The van der Waals surface area contributed by atoms with E-state index in [4.69, 9.17) is 4.74 Å². The van der Waals surface area contributed by atoms with Gasteiger partial charge in [0.05, 0.1) is 19.6 Å². The van der Waals surface area contributed by atoms with E-state index < -0.39 is 10.8 Å². The van der Waals surface area contributed by atoms with Gasteiger partial charge in [-0.3, -0.25) is 20.2 Å². The van der Waals surface area contributed by atoms with Crippen molar-refractivity contribution in [2.45, 2.75) is 20.8 Å². The molecule has 172 valence electrons. The number of hydrogen-bond donors (Lipinski definition) is 1. The zero-order valence-electron chi connectivity index (χ0n) is 18.4. The van der Waals surface area contributed by atoms with Gasteiger partial charge in [-0.05, 0) is 51.1 Å². The van der Waals surface area contributed by atoms with E-state index in [-0.39, 0.29) is 15.3 Å². The van der Waals surface area contributed by atoms with Gasteiger partial charge < -0.3 is 4.74 Å². The third-order valence-electron chi connectivity index (χ3n) is 4.17. The maximum Gasteiger partial charge on any atom is 0.324 e. The third kappa shape index (κ3) is 5.88. The molecule has 0 fully saturated rings. The molecule has 34 heavy (non-hydrogen) atoms. The first-order valence-electron chi connectivity index (χ1n) is 10.1. The number of para-hydroxylation sites is 1. The Morgan fingerprint density at radius 3 is 2.50 bits per heavy atom. The summed E-state index contributed by atoms with van der Waals surface area (Å²) >= 11 is 3.49. The number of rotatable bonds is 6. The molecule has 3 heterocycles. The van der Waals surface area contributed by atoms with Crippen molar-refractivity contribution >= 4 is 50.1 Å². The van der Waals surface area contributed by atoms with Crippen molar-refractivity contribution in [2.75, 3.05) is 5.32 Å². The Bertz CT molecular complexity index is 1400. The Hall–Kier alpha value is -3.52. The van der Waals surface area contributed by atoms with Crippen LogP contribution in [-0.4, -0.2) is 15.8 Å². The maximum atomic E-state index is 12.6. The minimum absolute atomic E-state index is 0.0967. The predicted octanol–water partition coefficient (Wildman–Crippen LogP) is 7.28. The van der Waals surface area contributed by atoms with Crippen LogP contribution in [0.1, 0.15) is 35.3 Å². The van der Waals surface area contributed by atoms with Crippen molar-refractivity contribution in [3.8, 4) is 33.2 Å². The van der Waals surface area contributed by atoms with Gasteiger partial charge in [-0.2, -0.15) is 0 Å². The summed E-state index contributed by atoms with van der Waals surface area (Å²) in [6.07, 6.45) is 0. The highest BCUT2D eigenvalue weighted by Gasteiger charge is 2.21. The van der Waals surface area contributed by atoms with Crippen LogP contribution in [0.5, 0.6) is 10.8 Å². The first kappa shape index (κ1) is 23.6. The molecule has 1 N–H and O–H groups in total. The molecule has 4 aromatic rings. The number of benzene rings is 1. The van der Waals surface area contributed by atoms with Crippen molar-refractivity contribution < 1.29 is 14.5 Å². The van der Waals surface area contributed by atoms with Crippen LogP contribution in [0.25, 0.3) is 10.6 Å². The number of aromatic nitrogens is 1. The number of carbonyl (C=O) groups excluding carboxylic acids is 1. The fourth-order valence-corrected chi connectivity index (χ4v) is 5.14. The second-order valence-electron chi connectivity index (χ2n) is 8.08. The number of ether oxygens (including phenoxy) is 1. The Balaban J connectivity index is 1.64. The average Bonchev–Trinajstić information content (AvgIpc) is 3.52. The summed E-state index contributed by atoms with van der Waals surface area (Å²) in [5.41, 5.74) is 0.482. The summed E-state index contributed by atoms with van der Waals surface area (Å²) < 4.78 is 6.08. The van der Waals surface area contributed by atoms with Crippen molar-refractivity contribution in [3.63, 3.8) is 0 Å². The van der Waals surface area contributed by atoms with Crippen molar-refractivity contribution in [1.29, 1.82) is 0 Å². The van der Waals surface area contributed by atoms with Crippen LogP contribution in [0.4, 0.5) is 10.1 Å². The van der Waals surface area contributed by atoms with Gasteiger partial charge in [-0.15, -0.1) is 11.3 Å². The van der Waals surface area contributed by atoms with E-state index in [9.17, 15) is 14.9 Å². The second-order valence-corrected chi connectivity index (χ2v) is 11.2. The third-order valence-corrected chi connectivity index (χ3v) is 7.06. The lowest BCUT2D eigenvalue weighted by Crippen LogP contribution is -2.09. The number of nitro groups is 1. The fraction of sp³-hybridized carbons (Fsp3) is 0.167. The summed E-state index contributed by atoms with van der Waals surface area (Å²) in [7, 11) is 0. The summed E-state index contributed by atoms with van der Waals surface area (Å²) in [6, 6.07) is 15.9. The van der Waals surface area contributed by atoms with E-state index in [0.717, 1.165) is 21.1 Å². The van der Waals surface area contributed by atoms with E-state index in [0.29, 0.717) is 21.6 Å². The zero-order valence-corrected chi connectivity index (χ0v) is 20.9. The lowest BCUT2D eigenvalue weighted by atomic mass is 9.98. The van der Waals surface area contributed by atoms with Gasteiger partial charge in [0.2, 0.25) is 5.06 Å². The van der Waals surface area contributed by atoms with Gasteiger partial charge in [0.15, 0.2) is 5.13 Å². The number of carbonyl (C=O) groups is 1. The Morgan fingerprint density at radius 1 is 1.06 bits per heavy atom. The highest BCUT2D eigenvalue weighted by Crippen LogP contribution is 2.43. The molecule has 0 saturated carbocycles. The van der Waals surface area contributed by atoms with Gasteiger partial charge in [0.1, 0.15) is 11.4 Å². The average molecular weight is 510 g/mol. The molecule has 0 radical (unpaired) electrons. The van der Waals surface area contributed by atoms with E-state index in [1.165, 1.54) is 34.8 Å². The number of hydrogen-bond acceptors (Lipinski definition) is 8. The molecule has 7 nitrogen and oxygen atoms in total. The van der Waals surface area contributed by atoms with Crippen LogP contribution in [0, 0.1) is 27.4 Å². The van der Waals surface area contributed by atoms with Crippen LogP contribution < -0.4 is 10.1 Å². The molecular formula is C24H19N3O4S3. The van der Waals surface area contributed by atoms with E-state index in [2.05, 4.69) is 42.9 Å². The molecule has 1 aromatic carbocycles. The minimum atomic E-state index is -0.522. The van der Waals surface area contributed by atoms with Crippen LogP contribution in [-0.2, 0) is 0 Å². The first-order chi connectivity index (χ1) is 16.2. The molecule has 4 rings (SSSR count). The molecule has 10 heteroatoms. The highest BCUT2D eigenvalue weighted by molar-refractivity contribution is 7.20. The summed E-state index contributed by atoms with van der Waals surface area (Å²) in [4.78, 5) is 29.6. The maximum absolute atomic E-state index is 12.6. The molecule has 0 bridgehead atoms.